The van der Waals surface area contributed by atoms with E-state index < -0.39 is 0 Å². The van der Waals surface area contributed by atoms with Crippen LogP contribution in [-0.2, 0) is 11.3 Å². The number of carbonyl (C=O) groups excluding carboxylic acids is 2. The number of benzene rings is 1. The van der Waals surface area contributed by atoms with Gasteiger partial charge in [-0.3, -0.25) is 9.59 Å². The molecular formula is C20H20ClN3O3S. The van der Waals surface area contributed by atoms with E-state index in [2.05, 4.69) is 5.32 Å². The predicted molar refractivity (Wildman–Crippen MR) is 110 cm³/mol. The van der Waals surface area contributed by atoms with Crippen molar-refractivity contribution < 1.29 is 14.3 Å². The van der Waals surface area contributed by atoms with Crippen LogP contribution in [0.1, 0.15) is 15.2 Å². The maximum absolute atomic E-state index is 12.8. The van der Waals surface area contributed by atoms with Crippen molar-refractivity contribution in [2.24, 2.45) is 0 Å². The van der Waals surface area contributed by atoms with Crippen molar-refractivity contribution in [1.29, 1.82) is 0 Å². The summed E-state index contributed by atoms with van der Waals surface area (Å²) in [4.78, 5) is 27.4. The third-order valence-electron chi connectivity index (χ3n) is 4.15. The zero-order chi connectivity index (χ0) is 20.1. The van der Waals surface area contributed by atoms with Gasteiger partial charge < -0.3 is 19.5 Å². The Kier molecular flexibility index (Phi) is 6.38. The van der Waals surface area contributed by atoms with Gasteiger partial charge in [-0.15, -0.1) is 11.3 Å². The van der Waals surface area contributed by atoms with Crippen molar-refractivity contribution in [3.63, 3.8) is 0 Å². The van der Waals surface area contributed by atoms with Gasteiger partial charge in [-0.2, -0.15) is 0 Å². The largest absolute Gasteiger partial charge is 0.496 e. The highest BCUT2D eigenvalue weighted by Crippen LogP contribution is 2.30. The highest BCUT2D eigenvalue weighted by molar-refractivity contribution is 7.09. The molecule has 3 aromatic rings. The Hall–Kier alpha value is -2.77. The van der Waals surface area contributed by atoms with Gasteiger partial charge in [-0.1, -0.05) is 17.7 Å². The number of rotatable bonds is 7. The lowest BCUT2D eigenvalue weighted by molar-refractivity contribution is -0.121. The second kappa shape index (κ2) is 8.95. The van der Waals surface area contributed by atoms with Crippen LogP contribution in [0.25, 0.3) is 5.69 Å². The number of likely N-dealkylation sites (N-methyl/N-ethyl adjacent to an activating group) is 1. The van der Waals surface area contributed by atoms with Crippen LogP contribution in [0.3, 0.4) is 0 Å². The van der Waals surface area contributed by atoms with E-state index in [1.807, 2.05) is 46.6 Å². The number of hydrogen-bond acceptors (Lipinski definition) is 4. The number of aromatic nitrogens is 1. The summed E-state index contributed by atoms with van der Waals surface area (Å²) in [6.07, 6.45) is 3.71. The highest BCUT2D eigenvalue weighted by atomic mass is 35.5. The SMILES string of the molecule is COc1cc(-n2cccc2)c(Cl)cc1C(=O)N(C)CC(=O)NCc1cccs1. The van der Waals surface area contributed by atoms with Crippen LogP contribution in [0.15, 0.2) is 54.2 Å². The third-order valence-corrected chi connectivity index (χ3v) is 5.33. The Balaban J connectivity index is 1.71. The van der Waals surface area contributed by atoms with Gasteiger partial charge in [-0.05, 0) is 29.6 Å². The number of methoxy groups -OCH3 is 1. The van der Waals surface area contributed by atoms with Crippen LogP contribution in [0.5, 0.6) is 5.75 Å². The van der Waals surface area contributed by atoms with E-state index in [1.54, 1.807) is 30.5 Å². The topological polar surface area (TPSA) is 63.6 Å². The molecule has 3 rings (SSSR count). The second-order valence-electron chi connectivity index (χ2n) is 6.11. The van der Waals surface area contributed by atoms with Crippen molar-refractivity contribution in [2.45, 2.75) is 6.54 Å². The van der Waals surface area contributed by atoms with Crippen LogP contribution in [0, 0.1) is 0 Å². The molecule has 0 aliphatic rings. The Morgan fingerprint density at radius 2 is 2.00 bits per heavy atom. The summed E-state index contributed by atoms with van der Waals surface area (Å²) in [5.74, 6) is -0.189. The van der Waals surface area contributed by atoms with E-state index in [0.29, 0.717) is 28.6 Å². The van der Waals surface area contributed by atoms with E-state index in [1.165, 1.54) is 12.0 Å². The molecular weight excluding hydrogens is 398 g/mol. The molecule has 2 aromatic heterocycles. The van der Waals surface area contributed by atoms with E-state index in [9.17, 15) is 9.59 Å². The van der Waals surface area contributed by atoms with Gasteiger partial charge in [0.25, 0.3) is 5.91 Å². The van der Waals surface area contributed by atoms with Gasteiger partial charge in [0.05, 0.1) is 36.5 Å². The first-order chi connectivity index (χ1) is 13.5. The average Bonchev–Trinajstić information content (AvgIpc) is 3.39. The van der Waals surface area contributed by atoms with E-state index >= 15 is 0 Å². The zero-order valence-corrected chi connectivity index (χ0v) is 17.1. The summed E-state index contributed by atoms with van der Waals surface area (Å²) in [5.41, 5.74) is 1.01. The van der Waals surface area contributed by atoms with E-state index in [-0.39, 0.29) is 18.4 Å². The van der Waals surface area contributed by atoms with Gasteiger partial charge in [0.1, 0.15) is 5.75 Å². The molecule has 0 saturated carbocycles. The lowest BCUT2D eigenvalue weighted by atomic mass is 10.1. The first-order valence-electron chi connectivity index (χ1n) is 8.55. The number of nitrogens with one attached hydrogen (secondary N) is 1. The molecule has 146 valence electrons. The molecule has 1 aromatic carbocycles. The first kappa shape index (κ1) is 20.0. The molecule has 28 heavy (non-hydrogen) atoms. The Morgan fingerprint density at radius 1 is 1.25 bits per heavy atom. The second-order valence-corrected chi connectivity index (χ2v) is 7.55. The van der Waals surface area contributed by atoms with Gasteiger partial charge in [0.2, 0.25) is 5.91 Å². The van der Waals surface area contributed by atoms with Crippen LogP contribution >= 0.6 is 22.9 Å². The lowest BCUT2D eigenvalue weighted by Crippen LogP contribution is -2.38. The molecule has 6 nitrogen and oxygen atoms in total. The summed E-state index contributed by atoms with van der Waals surface area (Å²) in [7, 11) is 3.06. The summed E-state index contributed by atoms with van der Waals surface area (Å²) in [5, 5.41) is 5.17. The summed E-state index contributed by atoms with van der Waals surface area (Å²) < 4.78 is 7.23. The number of halogens is 1. The maximum atomic E-state index is 12.8. The highest BCUT2D eigenvalue weighted by Gasteiger charge is 2.21. The molecule has 2 heterocycles. The van der Waals surface area contributed by atoms with Crippen LogP contribution in [-0.4, -0.2) is 42.0 Å². The van der Waals surface area contributed by atoms with Crippen molar-refractivity contribution in [3.05, 3.63) is 69.6 Å². The quantitative estimate of drug-likeness (QED) is 0.639. The minimum atomic E-state index is -0.343. The van der Waals surface area contributed by atoms with Crippen molar-refractivity contribution in [3.8, 4) is 11.4 Å². The van der Waals surface area contributed by atoms with Crippen LogP contribution < -0.4 is 10.1 Å². The molecule has 0 aliphatic carbocycles. The monoisotopic (exact) mass is 417 g/mol. The van der Waals surface area contributed by atoms with Crippen LogP contribution in [0.2, 0.25) is 5.02 Å². The normalized spacial score (nSPS) is 10.5. The van der Waals surface area contributed by atoms with Crippen molar-refractivity contribution >= 4 is 34.8 Å². The first-order valence-corrected chi connectivity index (χ1v) is 9.80. The molecule has 1 N–H and O–H groups in total. The van der Waals surface area contributed by atoms with E-state index in [0.717, 1.165) is 4.88 Å². The van der Waals surface area contributed by atoms with E-state index in [4.69, 9.17) is 16.3 Å². The molecule has 0 bridgehead atoms. The fourth-order valence-corrected chi connectivity index (χ4v) is 3.63. The predicted octanol–water partition coefficient (Wildman–Crippen LogP) is 3.59. The summed E-state index contributed by atoms with van der Waals surface area (Å²) in [6.45, 7) is 0.379. The number of hydrogen-bond donors (Lipinski definition) is 1. The van der Waals surface area contributed by atoms with Crippen LogP contribution in [0.4, 0.5) is 0 Å². The van der Waals surface area contributed by atoms with Crippen molar-refractivity contribution in [2.75, 3.05) is 20.7 Å². The summed E-state index contributed by atoms with van der Waals surface area (Å²) in [6, 6.07) is 10.9. The molecule has 8 heteroatoms. The molecule has 0 aliphatic heterocycles. The van der Waals surface area contributed by atoms with Gasteiger partial charge >= 0.3 is 0 Å². The number of amides is 2. The Bertz CT molecular complexity index is 955. The molecule has 2 amide bonds. The third kappa shape index (κ3) is 4.55. The number of nitrogens with zero attached hydrogens (tertiary/aromatic N) is 2. The Morgan fingerprint density at radius 3 is 2.64 bits per heavy atom. The number of ether oxygens (including phenoxy) is 1. The molecule has 0 atom stereocenters. The van der Waals surface area contributed by atoms with Crippen molar-refractivity contribution in [1.82, 2.24) is 14.8 Å². The molecule has 0 spiro atoms. The zero-order valence-electron chi connectivity index (χ0n) is 15.5. The molecule has 0 saturated heterocycles. The fraction of sp³-hybridized carbons (Fsp3) is 0.200. The Labute approximate surface area is 172 Å². The minimum Gasteiger partial charge on any atom is -0.496 e. The smallest absolute Gasteiger partial charge is 0.257 e. The van der Waals surface area contributed by atoms with Gasteiger partial charge in [0, 0.05) is 30.4 Å². The molecule has 0 unspecified atom stereocenters. The fourth-order valence-electron chi connectivity index (χ4n) is 2.72. The summed E-state index contributed by atoms with van der Waals surface area (Å²) >= 11 is 7.95. The molecule has 0 fully saturated rings. The average molecular weight is 418 g/mol. The number of carbonyl (C=O) groups is 2. The minimum absolute atomic E-state index is 0.0651. The maximum Gasteiger partial charge on any atom is 0.257 e. The van der Waals surface area contributed by atoms with Gasteiger partial charge in [-0.25, -0.2) is 0 Å². The number of thiophene rings is 1. The lowest BCUT2D eigenvalue weighted by Gasteiger charge is -2.19. The van der Waals surface area contributed by atoms with Gasteiger partial charge in [0.15, 0.2) is 0 Å². The molecule has 0 radical (unpaired) electrons. The standard InChI is InChI=1S/C20H20ClN3O3S/c1-23(13-19(25)22-12-14-6-5-9-28-14)20(26)15-10-16(21)17(11-18(15)27-2)24-7-3-4-8-24/h3-11H,12-13H2,1-2H3,(H,22,25).